The molecule has 3 rings (SSSR count). The van der Waals surface area contributed by atoms with Gasteiger partial charge in [-0.3, -0.25) is 4.79 Å². The number of fused-ring (bicyclic) bond motifs is 1. The molecule has 1 fully saturated rings. The summed E-state index contributed by atoms with van der Waals surface area (Å²) in [5.74, 6) is 0.0230. The lowest BCUT2D eigenvalue weighted by Gasteiger charge is -2.28. The highest BCUT2D eigenvalue weighted by atomic mass is 16.3. The summed E-state index contributed by atoms with van der Waals surface area (Å²) in [5, 5.41) is 10.6. The smallest absolute Gasteiger partial charge is 0.246 e. The number of nitrogens with zero attached hydrogens (tertiary/aromatic N) is 2. The summed E-state index contributed by atoms with van der Waals surface area (Å²) in [6.07, 6.45) is 6.65. The molecule has 0 spiro atoms. The van der Waals surface area contributed by atoms with Crippen molar-refractivity contribution in [2.75, 3.05) is 13.1 Å². The van der Waals surface area contributed by atoms with Gasteiger partial charge >= 0.3 is 0 Å². The maximum atomic E-state index is 12.2. The summed E-state index contributed by atoms with van der Waals surface area (Å²) < 4.78 is 2.07. The van der Waals surface area contributed by atoms with E-state index in [1.165, 1.54) is 0 Å². The van der Waals surface area contributed by atoms with Crippen LogP contribution < -0.4 is 0 Å². The first-order valence-electron chi connectivity index (χ1n) is 7.34. The summed E-state index contributed by atoms with van der Waals surface area (Å²) in [6, 6.07) is 8.16. The predicted octanol–water partition coefficient (Wildman–Crippen LogP) is 2.17. The Bertz CT molecular complexity index is 679. The standard InChI is InChI=1S/C17H20N2O2/c1-18-12-13(15-4-2-3-5-16(15)18)6-7-17(21)19-10-8-14(20)9-11-19/h2-7,12,14,20H,8-11H2,1H3. The molecule has 2 aromatic rings. The van der Waals surface area contributed by atoms with Gasteiger partial charge in [-0.15, -0.1) is 0 Å². The van der Waals surface area contributed by atoms with E-state index in [0.29, 0.717) is 25.9 Å². The summed E-state index contributed by atoms with van der Waals surface area (Å²) >= 11 is 0. The molecule has 1 saturated heterocycles. The molecular formula is C17H20N2O2. The van der Waals surface area contributed by atoms with Gasteiger partial charge in [0.05, 0.1) is 6.10 Å². The second-order valence-electron chi connectivity index (χ2n) is 5.60. The van der Waals surface area contributed by atoms with Crippen molar-refractivity contribution < 1.29 is 9.90 Å². The van der Waals surface area contributed by atoms with Crippen LogP contribution in [0.2, 0.25) is 0 Å². The number of aryl methyl sites for hydroxylation is 1. The van der Waals surface area contributed by atoms with Gasteiger partial charge in [0, 0.05) is 48.9 Å². The summed E-state index contributed by atoms with van der Waals surface area (Å²) in [6.45, 7) is 1.28. The molecule has 21 heavy (non-hydrogen) atoms. The number of benzene rings is 1. The van der Waals surface area contributed by atoms with E-state index in [9.17, 15) is 9.90 Å². The molecule has 0 bridgehead atoms. The minimum absolute atomic E-state index is 0.0230. The van der Waals surface area contributed by atoms with Crippen LogP contribution in [0, 0.1) is 0 Å². The van der Waals surface area contributed by atoms with E-state index in [1.807, 2.05) is 31.5 Å². The highest BCUT2D eigenvalue weighted by molar-refractivity contribution is 5.96. The van der Waals surface area contributed by atoms with E-state index in [2.05, 4.69) is 16.7 Å². The molecule has 110 valence electrons. The second kappa shape index (κ2) is 5.74. The molecule has 0 saturated carbocycles. The van der Waals surface area contributed by atoms with E-state index >= 15 is 0 Å². The Morgan fingerprint density at radius 1 is 1.29 bits per heavy atom. The Kier molecular flexibility index (Phi) is 3.80. The number of aliphatic hydroxyl groups excluding tert-OH is 1. The number of aliphatic hydroxyl groups is 1. The van der Waals surface area contributed by atoms with Crippen molar-refractivity contribution in [1.82, 2.24) is 9.47 Å². The van der Waals surface area contributed by atoms with Crippen molar-refractivity contribution in [2.45, 2.75) is 18.9 Å². The van der Waals surface area contributed by atoms with Crippen molar-refractivity contribution in [3.63, 3.8) is 0 Å². The maximum Gasteiger partial charge on any atom is 0.246 e. The Hall–Kier alpha value is -2.07. The molecule has 0 unspecified atom stereocenters. The Balaban J connectivity index is 1.77. The number of amides is 1. The SMILES string of the molecule is Cn1cc(C=CC(=O)N2CCC(O)CC2)c2ccccc21. The van der Waals surface area contributed by atoms with Crippen molar-refractivity contribution in [2.24, 2.45) is 7.05 Å². The lowest BCUT2D eigenvalue weighted by molar-refractivity contribution is -0.127. The van der Waals surface area contributed by atoms with E-state index < -0.39 is 0 Å². The first-order chi connectivity index (χ1) is 10.1. The summed E-state index contributed by atoms with van der Waals surface area (Å²) in [7, 11) is 2.01. The first kappa shape index (κ1) is 13.9. The van der Waals surface area contributed by atoms with Crippen molar-refractivity contribution in [3.05, 3.63) is 42.1 Å². The van der Waals surface area contributed by atoms with Crippen LogP contribution in [0.15, 0.2) is 36.5 Å². The molecular weight excluding hydrogens is 264 g/mol. The number of aromatic nitrogens is 1. The minimum atomic E-state index is -0.254. The minimum Gasteiger partial charge on any atom is -0.393 e. The van der Waals surface area contributed by atoms with Crippen molar-refractivity contribution >= 4 is 22.9 Å². The van der Waals surface area contributed by atoms with Crippen LogP contribution in [0.5, 0.6) is 0 Å². The summed E-state index contributed by atoms with van der Waals surface area (Å²) in [4.78, 5) is 14.0. The third-order valence-corrected chi connectivity index (χ3v) is 4.11. The van der Waals surface area contributed by atoms with Crippen LogP contribution in [0.4, 0.5) is 0 Å². The summed E-state index contributed by atoms with van der Waals surface area (Å²) in [5.41, 5.74) is 2.21. The molecule has 1 aliphatic rings. The Morgan fingerprint density at radius 3 is 2.76 bits per heavy atom. The van der Waals surface area contributed by atoms with Crippen molar-refractivity contribution in [3.8, 4) is 0 Å². The number of carbonyl (C=O) groups excluding carboxylic acids is 1. The van der Waals surface area contributed by atoms with Gasteiger partial charge in [-0.2, -0.15) is 0 Å². The van der Waals surface area contributed by atoms with Crippen LogP contribution in [0.3, 0.4) is 0 Å². The Labute approximate surface area is 124 Å². The van der Waals surface area contributed by atoms with E-state index in [4.69, 9.17) is 0 Å². The monoisotopic (exact) mass is 284 g/mol. The largest absolute Gasteiger partial charge is 0.393 e. The first-order valence-corrected chi connectivity index (χ1v) is 7.34. The van der Waals surface area contributed by atoms with Gasteiger partial charge in [0.2, 0.25) is 5.91 Å². The van der Waals surface area contributed by atoms with E-state index in [0.717, 1.165) is 16.5 Å². The average Bonchev–Trinajstić information content (AvgIpc) is 2.83. The second-order valence-corrected chi connectivity index (χ2v) is 5.60. The third-order valence-electron chi connectivity index (χ3n) is 4.11. The zero-order chi connectivity index (χ0) is 14.8. The fourth-order valence-corrected chi connectivity index (χ4v) is 2.86. The van der Waals surface area contributed by atoms with Crippen LogP contribution in [0.25, 0.3) is 17.0 Å². The maximum absolute atomic E-state index is 12.2. The van der Waals surface area contributed by atoms with Crippen LogP contribution in [-0.2, 0) is 11.8 Å². The Morgan fingerprint density at radius 2 is 2.00 bits per heavy atom. The van der Waals surface area contributed by atoms with Gasteiger partial charge in [0.25, 0.3) is 0 Å². The van der Waals surface area contributed by atoms with Crippen LogP contribution in [0.1, 0.15) is 18.4 Å². The van der Waals surface area contributed by atoms with Crippen LogP contribution in [-0.4, -0.2) is 39.7 Å². The molecule has 2 heterocycles. The molecule has 1 aromatic heterocycles. The number of para-hydroxylation sites is 1. The highest BCUT2D eigenvalue weighted by Gasteiger charge is 2.19. The quantitative estimate of drug-likeness (QED) is 0.859. The molecule has 0 atom stereocenters. The average molecular weight is 284 g/mol. The molecule has 1 amide bonds. The lowest BCUT2D eigenvalue weighted by atomic mass is 10.1. The number of rotatable bonds is 2. The number of piperidine rings is 1. The zero-order valence-corrected chi connectivity index (χ0v) is 12.2. The lowest BCUT2D eigenvalue weighted by Crippen LogP contribution is -2.39. The van der Waals surface area contributed by atoms with Gasteiger partial charge in [-0.25, -0.2) is 0 Å². The van der Waals surface area contributed by atoms with Gasteiger partial charge in [0.15, 0.2) is 0 Å². The zero-order valence-electron chi connectivity index (χ0n) is 12.2. The molecule has 0 radical (unpaired) electrons. The van der Waals surface area contributed by atoms with E-state index in [1.54, 1.807) is 11.0 Å². The molecule has 1 aliphatic heterocycles. The van der Waals surface area contributed by atoms with Crippen molar-refractivity contribution in [1.29, 1.82) is 0 Å². The predicted molar refractivity (Wildman–Crippen MR) is 83.8 cm³/mol. The molecule has 1 aromatic carbocycles. The fourth-order valence-electron chi connectivity index (χ4n) is 2.86. The highest BCUT2D eigenvalue weighted by Crippen LogP contribution is 2.21. The third kappa shape index (κ3) is 2.85. The van der Waals surface area contributed by atoms with E-state index in [-0.39, 0.29) is 12.0 Å². The molecule has 4 heteroatoms. The normalized spacial score (nSPS) is 17.0. The fraction of sp³-hybridized carbons (Fsp3) is 0.353. The van der Waals surface area contributed by atoms with Gasteiger partial charge in [-0.1, -0.05) is 18.2 Å². The molecule has 0 aliphatic carbocycles. The molecule has 4 nitrogen and oxygen atoms in total. The van der Waals surface area contributed by atoms with Crippen LogP contribution >= 0.6 is 0 Å². The van der Waals surface area contributed by atoms with Gasteiger partial charge < -0.3 is 14.6 Å². The number of carbonyl (C=O) groups is 1. The van der Waals surface area contributed by atoms with Gasteiger partial charge in [-0.05, 0) is 25.0 Å². The number of likely N-dealkylation sites (tertiary alicyclic amines) is 1. The number of hydrogen-bond donors (Lipinski definition) is 1. The van der Waals surface area contributed by atoms with Gasteiger partial charge in [0.1, 0.15) is 0 Å². The molecule has 1 N–H and O–H groups in total. The number of hydrogen-bond acceptors (Lipinski definition) is 2. The topological polar surface area (TPSA) is 45.5 Å².